The van der Waals surface area contributed by atoms with Crippen molar-refractivity contribution in [2.24, 2.45) is 0 Å². The summed E-state index contributed by atoms with van der Waals surface area (Å²) in [7, 11) is 1.28. The molecule has 0 bridgehead atoms. The molecule has 4 aromatic rings. The van der Waals surface area contributed by atoms with E-state index in [0.29, 0.717) is 11.1 Å². The molecule has 4 aromatic carbocycles. The van der Waals surface area contributed by atoms with Gasteiger partial charge in [0.2, 0.25) is 0 Å². The third kappa shape index (κ3) is 5.28. The first-order chi connectivity index (χ1) is 18.4. The van der Waals surface area contributed by atoms with Gasteiger partial charge in [-0.2, -0.15) is 0 Å². The maximum Gasteiger partial charge on any atom is 0.317 e. The lowest BCUT2D eigenvalue weighted by molar-refractivity contribution is -0.141. The molecule has 0 radical (unpaired) electrons. The SMILES string of the molecule is COC(=O)C(c1cc(C(C)(C)c2ccc(O)cc2)ccc1O)c1cc(C(C)(C)c2ccc(O)cc2)ccc1O. The van der Waals surface area contributed by atoms with Gasteiger partial charge in [0.15, 0.2) is 0 Å². The topological polar surface area (TPSA) is 107 Å². The summed E-state index contributed by atoms with van der Waals surface area (Å²) < 4.78 is 5.16. The Morgan fingerprint density at radius 2 is 0.923 bits per heavy atom. The Balaban J connectivity index is 1.86. The molecule has 0 saturated carbocycles. The average molecular weight is 527 g/mol. The summed E-state index contributed by atoms with van der Waals surface area (Å²) >= 11 is 0. The quantitative estimate of drug-likeness (QED) is 0.206. The van der Waals surface area contributed by atoms with Crippen molar-refractivity contribution in [1.29, 1.82) is 0 Å². The van der Waals surface area contributed by atoms with Crippen molar-refractivity contribution in [1.82, 2.24) is 0 Å². The molecular weight excluding hydrogens is 492 g/mol. The van der Waals surface area contributed by atoms with Crippen LogP contribution in [0.2, 0.25) is 0 Å². The van der Waals surface area contributed by atoms with Gasteiger partial charge in [-0.3, -0.25) is 4.79 Å². The van der Waals surface area contributed by atoms with Crippen LogP contribution in [0.3, 0.4) is 0 Å². The Hall–Kier alpha value is -4.45. The van der Waals surface area contributed by atoms with Gasteiger partial charge in [-0.05, 0) is 58.7 Å². The minimum Gasteiger partial charge on any atom is -0.508 e. The zero-order valence-corrected chi connectivity index (χ0v) is 22.8. The summed E-state index contributed by atoms with van der Waals surface area (Å²) in [6.45, 7) is 8.06. The van der Waals surface area contributed by atoms with E-state index >= 15 is 0 Å². The van der Waals surface area contributed by atoms with Gasteiger partial charge in [-0.15, -0.1) is 0 Å². The molecule has 4 N–H and O–H groups in total. The van der Waals surface area contributed by atoms with Crippen molar-refractivity contribution in [2.75, 3.05) is 7.11 Å². The lowest BCUT2D eigenvalue weighted by Gasteiger charge is -2.29. The van der Waals surface area contributed by atoms with E-state index in [4.69, 9.17) is 4.74 Å². The summed E-state index contributed by atoms with van der Waals surface area (Å²) in [6.07, 6.45) is 0. The molecule has 0 heterocycles. The van der Waals surface area contributed by atoms with Crippen molar-refractivity contribution in [2.45, 2.75) is 44.4 Å². The summed E-state index contributed by atoms with van der Waals surface area (Å²) in [5.74, 6) is -1.59. The van der Waals surface area contributed by atoms with Gasteiger partial charge < -0.3 is 25.2 Å². The first-order valence-electron chi connectivity index (χ1n) is 12.7. The maximum absolute atomic E-state index is 13.3. The predicted octanol–water partition coefficient (Wildman–Crippen LogP) is 6.47. The molecule has 0 atom stereocenters. The van der Waals surface area contributed by atoms with Gasteiger partial charge in [0.05, 0.1) is 7.11 Å². The second-order valence-electron chi connectivity index (χ2n) is 10.8. The van der Waals surface area contributed by atoms with E-state index in [0.717, 1.165) is 22.3 Å². The molecule has 0 spiro atoms. The Kier molecular flexibility index (Phi) is 7.33. The minimum atomic E-state index is -1.10. The second kappa shape index (κ2) is 10.4. The molecule has 0 amide bonds. The third-order valence-corrected chi connectivity index (χ3v) is 7.74. The maximum atomic E-state index is 13.3. The minimum absolute atomic E-state index is 0.0988. The molecule has 0 saturated heterocycles. The number of carbonyl (C=O) groups is 1. The third-order valence-electron chi connectivity index (χ3n) is 7.74. The number of methoxy groups -OCH3 is 1. The smallest absolute Gasteiger partial charge is 0.317 e. The molecule has 202 valence electrons. The van der Waals surface area contributed by atoms with Crippen molar-refractivity contribution >= 4 is 5.97 Å². The van der Waals surface area contributed by atoms with Crippen molar-refractivity contribution in [3.8, 4) is 23.0 Å². The fraction of sp³-hybridized carbons (Fsp3) is 0.242. The molecular formula is C33H34O6. The number of phenolic OH excluding ortho intramolecular Hbond substituents is 4. The molecule has 0 fully saturated rings. The molecule has 0 aliphatic carbocycles. The lowest BCUT2D eigenvalue weighted by Crippen LogP contribution is -2.22. The van der Waals surface area contributed by atoms with Crippen LogP contribution >= 0.6 is 0 Å². The van der Waals surface area contributed by atoms with Crippen molar-refractivity contribution < 1.29 is 30.0 Å². The molecule has 6 heteroatoms. The first-order valence-corrected chi connectivity index (χ1v) is 12.7. The fourth-order valence-electron chi connectivity index (χ4n) is 4.98. The van der Waals surface area contributed by atoms with Gasteiger partial charge in [0, 0.05) is 22.0 Å². The van der Waals surface area contributed by atoms with Crippen LogP contribution in [0.15, 0.2) is 84.9 Å². The fourth-order valence-corrected chi connectivity index (χ4v) is 4.98. The van der Waals surface area contributed by atoms with E-state index in [1.165, 1.54) is 7.11 Å². The van der Waals surface area contributed by atoms with E-state index in [1.54, 1.807) is 60.7 Å². The highest BCUT2D eigenvalue weighted by molar-refractivity contribution is 5.84. The van der Waals surface area contributed by atoms with Crippen molar-refractivity contribution in [3.63, 3.8) is 0 Å². The Morgan fingerprint density at radius 1 is 0.590 bits per heavy atom. The van der Waals surface area contributed by atoms with Crippen molar-refractivity contribution in [3.05, 3.63) is 118 Å². The van der Waals surface area contributed by atoms with Crippen LogP contribution in [-0.4, -0.2) is 33.5 Å². The number of esters is 1. The number of ether oxygens (including phenoxy) is 1. The van der Waals surface area contributed by atoms with Crippen LogP contribution in [-0.2, 0) is 20.4 Å². The van der Waals surface area contributed by atoms with Crippen LogP contribution in [0.5, 0.6) is 23.0 Å². The van der Waals surface area contributed by atoms with E-state index in [2.05, 4.69) is 0 Å². The number of carbonyl (C=O) groups excluding carboxylic acids is 1. The van der Waals surface area contributed by atoms with E-state index in [1.807, 2.05) is 52.0 Å². The van der Waals surface area contributed by atoms with E-state index in [-0.39, 0.29) is 23.0 Å². The van der Waals surface area contributed by atoms with Gasteiger partial charge in [-0.25, -0.2) is 0 Å². The Bertz CT molecular complexity index is 1380. The molecule has 0 aromatic heterocycles. The van der Waals surface area contributed by atoms with Crippen LogP contribution in [0, 0.1) is 0 Å². The van der Waals surface area contributed by atoms with E-state index in [9.17, 15) is 25.2 Å². The summed E-state index contributed by atoms with van der Waals surface area (Å²) in [6, 6.07) is 24.0. The first kappa shape index (κ1) is 27.6. The van der Waals surface area contributed by atoms with E-state index < -0.39 is 22.7 Å². The molecule has 0 aliphatic rings. The number of benzene rings is 4. The number of aromatic hydroxyl groups is 4. The zero-order chi connectivity index (χ0) is 28.5. The number of phenols is 4. The number of hydrogen-bond donors (Lipinski definition) is 4. The number of rotatable bonds is 7. The second-order valence-corrected chi connectivity index (χ2v) is 10.8. The van der Waals surface area contributed by atoms with Crippen LogP contribution < -0.4 is 0 Å². The highest BCUT2D eigenvalue weighted by Gasteiger charge is 2.33. The monoisotopic (exact) mass is 526 g/mol. The molecule has 6 nitrogen and oxygen atoms in total. The summed E-state index contributed by atoms with van der Waals surface area (Å²) in [5.41, 5.74) is 3.09. The molecule has 0 aliphatic heterocycles. The Morgan fingerprint density at radius 3 is 1.26 bits per heavy atom. The lowest BCUT2D eigenvalue weighted by atomic mass is 9.75. The average Bonchev–Trinajstić information content (AvgIpc) is 2.91. The highest BCUT2D eigenvalue weighted by atomic mass is 16.5. The standard InChI is InChI=1S/C33H34O6/c1-32(2,20-6-12-24(34)13-7-20)22-10-16-28(36)26(18-22)30(31(38)39-5)27-19-23(11-17-29(27)37)33(3,4)21-8-14-25(35)15-9-21/h6-19,30,34-37H,1-5H3. The molecule has 0 unspecified atom stereocenters. The normalized spacial score (nSPS) is 11.9. The summed E-state index contributed by atoms with van der Waals surface area (Å²) in [5, 5.41) is 41.4. The van der Waals surface area contributed by atoms with Gasteiger partial charge in [0.1, 0.15) is 28.9 Å². The molecule has 4 rings (SSSR count). The van der Waals surface area contributed by atoms with Crippen LogP contribution in [0.1, 0.15) is 67.0 Å². The predicted molar refractivity (Wildman–Crippen MR) is 151 cm³/mol. The largest absolute Gasteiger partial charge is 0.508 e. The van der Waals surface area contributed by atoms with Gasteiger partial charge >= 0.3 is 5.97 Å². The molecule has 39 heavy (non-hydrogen) atoms. The van der Waals surface area contributed by atoms with Gasteiger partial charge in [0.25, 0.3) is 0 Å². The number of hydrogen-bond acceptors (Lipinski definition) is 6. The van der Waals surface area contributed by atoms with Gasteiger partial charge in [-0.1, -0.05) is 76.2 Å². The van der Waals surface area contributed by atoms with Crippen LogP contribution in [0.4, 0.5) is 0 Å². The Labute approximate surface area is 228 Å². The van der Waals surface area contributed by atoms with Crippen LogP contribution in [0.25, 0.3) is 0 Å². The summed E-state index contributed by atoms with van der Waals surface area (Å²) in [4.78, 5) is 13.3. The zero-order valence-electron chi connectivity index (χ0n) is 22.8. The highest BCUT2D eigenvalue weighted by Crippen LogP contribution is 2.43.